The zero-order chi connectivity index (χ0) is 18.3. The highest BCUT2D eigenvalue weighted by Crippen LogP contribution is 2.31. The number of amides is 1. The molecule has 1 atom stereocenters. The Kier molecular flexibility index (Phi) is 4.07. The number of nitrogens with one attached hydrogen (secondary N) is 1. The fraction of sp³-hybridized carbons (Fsp3) is 0.286. The third kappa shape index (κ3) is 3.01. The summed E-state index contributed by atoms with van der Waals surface area (Å²) < 4.78 is 11.7. The number of likely N-dealkylation sites (N-methyl/N-ethyl adjacent to an activating group) is 1. The topological polar surface area (TPSA) is 54.6 Å². The molecule has 134 valence electrons. The average Bonchev–Trinajstić information content (AvgIpc) is 3.05. The smallest absolute Gasteiger partial charge is 0.270 e. The van der Waals surface area contributed by atoms with Crippen molar-refractivity contribution in [3.63, 3.8) is 0 Å². The van der Waals surface area contributed by atoms with Gasteiger partial charge in [-0.1, -0.05) is 18.2 Å². The number of para-hydroxylation sites is 2. The van der Waals surface area contributed by atoms with E-state index in [-0.39, 0.29) is 12.0 Å². The SMILES string of the molecule is Cc1cc(C)c2cc(C(=O)N(C)CC3COc4ccccc4O3)[nH]c2c1. The van der Waals surface area contributed by atoms with Crippen LogP contribution in [0.2, 0.25) is 0 Å². The standard InChI is InChI=1S/C21H22N2O3/c1-13-8-14(2)16-10-18(22-17(16)9-13)21(24)23(3)11-15-12-25-19-6-4-5-7-20(19)26-15/h4-10,15,22H,11-12H2,1-3H3. The number of aryl methyl sites for hydroxylation is 2. The van der Waals surface area contributed by atoms with E-state index in [1.165, 1.54) is 11.1 Å². The minimum atomic E-state index is -0.188. The lowest BCUT2D eigenvalue weighted by atomic mass is 10.1. The number of carbonyl (C=O) groups is 1. The van der Waals surface area contributed by atoms with Crippen LogP contribution in [0.25, 0.3) is 10.9 Å². The van der Waals surface area contributed by atoms with Crippen LogP contribution in [0.5, 0.6) is 11.5 Å². The summed E-state index contributed by atoms with van der Waals surface area (Å²) >= 11 is 0. The monoisotopic (exact) mass is 350 g/mol. The van der Waals surface area contributed by atoms with E-state index in [1.54, 1.807) is 11.9 Å². The Bertz CT molecular complexity index is 977. The van der Waals surface area contributed by atoms with Crippen molar-refractivity contribution in [3.05, 3.63) is 59.3 Å². The number of hydrogen-bond acceptors (Lipinski definition) is 3. The Morgan fingerprint density at radius 1 is 1.19 bits per heavy atom. The maximum Gasteiger partial charge on any atom is 0.270 e. The van der Waals surface area contributed by atoms with Gasteiger partial charge in [0.25, 0.3) is 5.91 Å². The molecule has 5 heteroatoms. The molecule has 1 N–H and O–H groups in total. The number of aromatic nitrogens is 1. The molecule has 3 aromatic rings. The average molecular weight is 350 g/mol. The van der Waals surface area contributed by atoms with Gasteiger partial charge in [-0.05, 0) is 49.2 Å². The summed E-state index contributed by atoms with van der Waals surface area (Å²) in [4.78, 5) is 17.8. The molecule has 1 unspecified atom stereocenters. The van der Waals surface area contributed by atoms with Gasteiger partial charge < -0.3 is 19.4 Å². The number of H-pyrrole nitrogens is 1. The molecule has 4 rings (SSSR count). The first-order valence-electron chi connectivity index (χ1n) is 8.75. The third-order valence-electron chi connectivity index (χ3n) is 4.71. The van der Waals surface area contributed by atoms with Gasteiger partial charge in [0.2, 0.25) is 0 Å². The quantitative estimate of drug-likeness (QED) is 0.784. The largest absolute Gasteiger partial charge is 0.486 e. The van der Waals surface area contributed by atoms with Gasteiger partial charge in [-0.2, -0.15) is 0 Å². The molecule has 0 saturated carbocycles. The molecular formula is C21H22N2O3. The predicted octanol–water partition coefficient (Wildman–Crippen LogP) is 3.70. The van der Waals surface area contributed by atoms with Gasteiger partial charge >= 0.3 is 0 Å². The molecule has 0 fully saturated rings. The predicted molar refractivity (Wildman–Crippen MR) is 101 cm³/mol. The molecule has 0 saturated heterocycles. The van der Waals surface area contributed by atoms with Crippen molar-refractivity contribution < 1.29 is 14.3 Å². The van der Waals surface area contributed by atoms with Crippen LogP contribution < -0.4 is 9.47 Å². The van der Waals surface area contributed by atoms with E-state index in [1.807, 2.05) is 30.3 Å². The second kappa shape index (κ2) is 6.41. The third-order valence-corrected chi connectivity index (χ3v) is 4.71. The fourth-order valence-corrected chi connectivity index (χ4v) is 3.46. The summed E-state index contributed by atoms with van der Waals surface area (Å²) in [5.41, 5.74) is 3.92. The molecule has 0 aliphatic carbocycles. The van der Waals surface area contributed by atoms with Crippen molar-refractivity contribution >= 4 is 16.8 Å². The van der Waals surface area contributed by atoms with Crippen molar-refractivity contribution in [1.82, 2.24) is 9.88 Å². The van der Waals surface area contributed by atoms with E-state index in [9.17, 15) is 4.79 Å². The van der Waals surface area contributed by atoms with Gasteiger partial charge in [-0.3, -0.25) is 4.79 Å². The van der Waals surface area contributed by atoms with Crippen LogP contribution in [0.3, 0.4) is 0 Å². The number of benzene rings is 2. The van der Waals surface area contributed by atoms with Crippen LogP contribution in [0, 0.1) is 13.8 Å². The molecule has 0 bridgehead atoms. The van der Waals surface area contributed by atoms with Gasteiger partial charge in [-0.25, -0.2) is 0 Å². The maximum atomic E-state index is 12.8. The molecule has 1 aliphatic rings. The first-order chi connectivity index (χ1) is 12.5. The summed E-state index contributed by atoms with van der Waals surface area (Å²) in [6.45, 7) is 5.01. The van der Waals surface area contributed by atoms with Crippen molar-refractivity contribution in [2.75, 3.05) is 20.2 Å². The molecule has 1 aliphatic heterocycles. The summed E-state index contributed by atoms with van der Waals surface area (Å²) in [7, 11) is 1.79. The van der Waals surface area contributed by atoms with E-state index in [4.69, 9.17) is 9.47 Å². The molecule has 0 spiro atoms. The number of ether oxygens (including phenoxy) is 2. The molecule has 0 radical (unpaired) electrons. The lowest BCUT2D eigenvalue weighted by Crippen LogP contribution is -2.41. The molecule has 26 heavy (non-hydrogen) atoms. The molecule has 2 heterocycles. The highest BCUT2D eigenvalue weighted by molar-refractivity contribution is 5.98. The minimum Gasteiger partial charge on any atom is -0.486 e. The normalized spacial score (nSPS) is 15.9. The Hall–Kier alpha value is -2.95. The number of rotatable bonds is 3. The zero-order valence-electron chi connectivity index (χ0n) is 15.2. The van der Waals surface area contributed by atoms with Crippen LogP contribution in [0.1, 0.15) is 21.6 Å². The molecule has 1 amide bonds. The van der Waals surface area contributed by atoms with Crippen LogP contribution in [-0.4, -0.2) is 42.1 Å². The van der Waals surface area contributed by atoms with Crippen molar-refractivity contribution in [1.29, 1.82) is 0 Å². The van der Waals surface area contributed by atoms with Crippen molar-refractivity contribution in [2.24, 2.45) is 0 Å². The summed E-state index contributed by atoms with van der Waals surface area (Å²) in [5.74, 6) is 1.42. The highest BCUT2D eigenvalue weighted by Gasteiger charge is 2.24. The van der Waals surface area contributed by atoms with E-state index in [0.29, 0.717) is 18.8 Å². The Morgan fingerprint density at radius 3 is 2.77 bits per heavy atom. The number of hydrogen-bond donors (Lipinski definition) is 1. The van der Waals surface area contributed by atoms with Crippen LogP contribution in [0.4, 0.5) is 0 Å². The van der Waals surface area contributed by atoms with E-state index >= 15 is 0 Å². The minimum absolute atomic E-state index is 0.0549. The molecule has 1 aromatic heterocycles. The van der Waals surface area contributed by atoms with Crippen LogP contribution >= 0.6 is 0 Å². The Labute approximate surface area is 152 Å². The Morgan fingerprint density at radius 2 is 1.96 bits per heavy atom. The van der Waals surface area contributed by atoms with Gasteiger partial charge in [-0.15, -0.1) is 0 Å². The second-order valence-electron chi connectivity index (χ2n) is 6.91. The number of fused-ring (bicyclic) bond motifs is 2. The summed E-state index contributed by atoms with van der Waals surface area (Å²) in [6.07, 6.45) is -0.188. The van der Waals surface area contributed by atoms with Crippen LogP contribution in [0.15, 0.2) is 42.5 Å². The second-order valence-corrected chi connectivity index (χ2v) is 6.91. The van der Waals surface area contributed by atoms with Gasteiger partial charge in [0, 0.05) is 18.0 Å². The summed E-state index contributed by atoms with van der Waals surface area (Å²) in [6, 6.07) is 13.7. The van der Waals surface area contributed by atoms with Crippen LogP contribution in [-0.2, 0) is 0 Å². The van der Waals surface area contributed by atoms with Crippen molar-refractivity contribution in [2.45, 2.75) is 20.0 Å². The maximum absolute atomic E-state index is 12.8. The Balaban J connectivity index is 1.49. The first kappa shape index (κ1) is 16.5. The van der Waals surface area contributed by atoms with E-state index in [2.05, 4.69) is 31.0 Å². The van der Waals surface area contributed by atoms with Gasteiger partial charge in [0.05, 0.1) is 6.54 Å². The van der Waals surface area contributed by atoms with E-state index in [0.717, 1.165) is 22.4 Å². The zero-order valence-corrected chi connectivity index (χ0v) is 15.2. The van der Waals surface area contributed by atoms with Crippen molar-refractivity contribution in [3.8, 4) is 11.5 Å². The highest BCUT2D eigenvalue weighted by atomic mass is 16.6. The lowest BCUT2D eigenvalue weighted by molar-refractivity contribution is 0.0518. The number of carbonyl (C=O) groups excluding carboxylic acids is 1. The van der Waals surface area contributed by atoms with Gasteiger partial charge in [0.1, 0.15) is 12.3 Å². The summed E-state index contributed by atoms with van der Waals surface area (Å²) in [5, 5.41) is 1.08. The van der Waals surface area contributed by atoms with Gasteiger partial charge in [0.15, 0.2) is 17.6 Å². The number of nitrogens with zero attached hydrogens (tertiary/aromatic N) is 1. The number of aromatic amines is 1. The van der Waals surface area contributed by atoms with E-state index < -0.39 is 0 Å². The molecule has 2 aromatic carbocycles. The fourth-order valence-electron chi connectivity index (χ4n) is 3.46. The molecule has 5 nitrogen and oxygen atoms in total. The molecular weight excluding hydrogens is 328 g/mol. The first-order valence-corrected chi connectivity index (χ1v) is 8.75. The lowest BCUT2D eigenvalue weighted by Gasteiger charge is -2.29.